The topological polar surface area (TPSA) is 101 Å². The van der Waals surface area contributed by atoms with Gasteiger partial charge in [-0.15, -0.1) is 0 Å². The van der Waals surface area contributed by atoms with Crippen LogP contribution in [-0.2, 0) is 9.09 Å². The van der Waals surface area contributed by atoms with E-state index in [-0.39, 0.29) is 11.3 Å². The highest BCUT2D eigenvalue weighted by molar-refractivity contribution is 7.33. The summed E-state index contributed by atoms with van der Waals surface area (Å²) in [5.74, 6) is 0.205. The minimum absolute atomic E-state index is 0.205. The van der Waals surface area contributed by atoms with Gasteiger partial charge < -0.3 is 19.0 Å². The summed E-state index contributed by atoms with van der Waals surface area (Å²) < 4.78 is 21.9. The maximum absolute atomic E-state index is 11.7. The number of aromatic amines is 2. The van der Waals surface area contributed by atoms with Crippen LogP contribution in [0.25, 0.3) is 11.0 Å². The van der Waals surface area contributed by atoms with Crippen molar-refractivity contribution in [1.82, 2.24) is 9.97 Å². The normalized spacial score (nSPS) is 12.4. The summed E-state index contributed by atoms with van der Waals surface area (Å²) in [5.41, 5.74) is -0.855. The van der Waals surface area contributed by atoms with Gasteiger partial charge in [0, 0.05) is 0 Å². The molecule has 1 aromatic carbocycles. The Labute approximate surface area is 114 Å². The average molecular weight is 298 g/mol. The van der Waals surface area contributed by atoms with E-state index < -0.39 is 19.4 Å². The van der Waals surface area contributed by atoms with Crippen LogP contribution in [-0.4, -0.2) is 16.6 Å². The first kappa shape index (κ1) is 14.6. The van der Waals surface area contributed by atoms with Crippen LogP contribution in [0.1, 0.15) is 19.8 Å². The van der Waals surface area contributed by atoms with Gasteiger partial charge >= 0.3 is 19.4 Å². The molecule has 2 N–H and O–H groups in total. The summed E-state index contributed by atoms with van der Waals surface area (Å²) >= 11 is 0. The van der Waals surface area contributed by atoms with Crippen molar-refractivity contribution in [3.05, 3.63) is 38.9 Å². The van der Waals surface area contributed by atoms with Gasteiger partial charge in [0.25, 0.3) is 0 Å². The molecule has 0 spiro atoms. The second-order valence-electron chi connectivity index (χ2n) is 4.14. The first-order valence-electron chi connectivity index (χ1n) is 6.21. The summed E-state index contributed by atoms with van der Waals surface area (Å²) in [4.78, 5) is 27.4. The van der Waals surface area contributed by atoms with E-state index >= 15 is 0 Å². The molecular formula is C12H15N2O5P. The Morgan fingerprint density at radius 1 is 1.20 bits per heavy atom. The van der Waals surface area contributed by atoms with Gasteiger partial charge in [-0.25, -0.2) is 4.57 Å². The standard InChI is InChI=1S/C12H15N2O5P/c1-2-3-7-18-20(17)19-9-6-4-5-8-10(9)14-12(16)11(15)13-8/h4-6,20H,2-3,7H2,1H3,(H,13,15)(H,14,16). The molecule has 0 saturated heterocycles. The number of H-pyrrole nitrogens is 2. The number of hydrogen-bond donors (Lipinski definition) is 2. The van der Waals surface area contributed by atoms with Crippen molar-refractivity contribution in [3.8, 4) is 5.75 Å². The van der Waals surface area contributed by atoms with Crippen LogP contribution >= 0.6 is 8.25 Å². The van der Waals surface area contributed by atoms with E-state index in [1.54, 1.807) is 18.2 Å². The Hall–Kier alpha value is -1.85. The van der Waals surface area contributed by atoms with Crippen LogP contribution in [0, 0.1) is 0 Å². The second kappa shape index (κ2) is 6.54. The molecule has 0 amide bonds. The van der Waals surface area contributed by atoms with Gasteiger partial charge in [0.2, 0.25) is 0 Å². The Balaban J connectivity index is 2.26. The molecule has 7 nitrogen and oxygen atoms in total. The second-order valence-corrected chi connectivity index (χ2v) is 5.13. The molecule has 0 radical (unpaired) electrons. The molecule has 1 atom stereocenters. The Morgan fingerprint density at radius 3 is 2.70 bits per heavy atom. The Bertz CT molecular complexity index is 736. The number of nitrogens with one attached hydrogen (secondary N) is 2. The fraction of sp³-hybridized carbons (Fsp3) is 0.333. The molecule has 2 rings (SSSR count). The Morgan fingerprint density at radius 2 is 1.95 bits per heavy atom. The van der Waals surface area contributed by atoms with E-state index in [0.717, 1.165) is 12.8 Å². The lowest BCUT2D eigenvalue weighted by atomic mass is 10.3. The number of unbranched alkanes of at least 4 members (excludes halogenated alkanes) is 1. The van der Waals surface area contributed by atoms with Gasteiger partial charge in [-0.05, 0) is 18.6 Å². The summed E-state index contributed by atoms with van der Waals surface area (Å²) in [6.45, 7) is 2.35. The molecule has 8 heteroatoms. The Kier molecular flexibility index (Phi) is 4.76. The van der Waals surface area contributed by atoms with Crippen LogP contribution in [0.3, 0.4) is 0 Å². The van der Waals surface area contributed by atoms with E-state index in [1.807, 2.05) is 6.92 Å². The number of aromatic nitrogens is 2. The van der Waals surface area contributed by atoms with E-state index in [0.29, 0.717) is 12.1 Å². The minimum Gasteiger partial charge on any atom is -0.424 e. The van der Waals surface area contributed by atoms with Crippen LogP contribution in [0.15, 0.2) is 27.8 Å². The van der Waals surface area contributed by atoms with Crippen molar-refractivity contribution >= 4 is 19.3 Å². The van der Waals surface area contributed by atoms with E-state index in [2.05, 4.69) is 9.97 Å². The zero-order valence-corrected chi connectivity index (χ0v) is 11.9. The maximum atomic E-state index is 11.7. The highest BCUT2D eigenvalue weighted by Crippen LogP contribution is 2.31. The predicted octanol–water partition coefficient (Wildman–Crippen LogP) is 1.80. The van der Waals surface area contributed by atoms with Crippen LogP contribution in [0.2, 0.25) is 0 Å². The van der Waals surface area contributed by atoms with E-state index in [9.17, 15) is 14.2 Å². The third kappa shape index (κ3) is 3.37. The van der Waals surface area contributed by atoms with Gasteiger partial charge in [-0.3, -0.25) is 9.59 Å². The molecule has 0 fully saturated rings. The van der Waals surface area contributed by atoms with Crippen LogP contribution in [0.5, 0.6) is 5.75 Å². The minimum atomic E-state index is -2.69. The van der Waals surface area contributed by atoms with Gasteiger partial charge in [0.05, 0.1) is 12.1 Å². The maximum Gasteiger partial charge on any atom is 0.367 e. The third-order valence-corrected chi connectivity index (χ3v) is 3.46. The quantitative estimate of drug-likeness (QED) is 0.481. The monoisotopic (exact) mass is 298 g/mol. The average Bonchev–Trinajstić information content (AvgIpc) is 2.41. The molecule has 0 aliphatic heterocycles. The number of fused-ring (bicyclic) bond motifs is 1. The SMILES string of the molecule is CCCCO[PH](=O)Oc1cccc2[nH]c(=O)c(=O)[nH]c12. The molecule has 1 heterocycles. The highest BCUT2D eigenvalue weighted by atomic mass is 31.1. The molecule has 0 aliphatic carbocycles. The molecular weight excluding hydrogens is 283 g/mol. The largest absolute Gasteiger partial charge is 0.424 e. The summed E-state index contributed by atoms with van der Waals surface area (Å²) in [5, 5.41) is 0. The van der Waals surface area contributed by atoms with Crippen molar-refractivity contribution < 1.29 is 13.6 Å². The zero-order chi connectivity index (χ0) is 14.5. The fourth-order valence-corrected chi connectivity index (χ4v) is 2.34. The summed E-state index contributed by atoms with van der Waals surface area (Å²) in [6, 6.07) is 4.77. The molecule has 1 aromatic heterocycles. The van der Waals surface area contributed by atoms with Crippen molar-refractivity contribution in [3.63, 3.8) is 0 Å². The smallest absolute Gasteiger partial charge is 0.367 e. The molecule has 0 saturated carbocycles. The van der Waals surface area contributed by atoms with E-state index in [4.69, 9.17) is 9.05 Å². The number of hydrogen-bond acceptors (Lipinski definition) is 5. The predicted molar refractivity (Wildman–Crippen MR) is 75.7 cm³/mol. The summed E-state index contributed by atoms with van der Waals surface area (Å²) in [6.07, 6.45) is 1.72. The van der Waals surface area contributed by atoms with E-state index in [1.165, 1.54) is 0 Å². The first-order valence-corrected chi connectivity index (χ1v) is 7.44. The lowest BCUT2D eigenvalue weighted by Gasteiger charge is -2.08. The number of benzene rings is 1. The van der Waals surface area contributed by atoms with Crippen LogP contribution < -0.4 is 15.6 Å². The zero-order valence-electron chi connectivity index (χ0n) is 10.9. The van der Waals surface area contributed by atoms with Crippen molar-refractivity contribution in [2.75, 3.05) is 6.61 Å². The number of rotatable bonds is 6. The highest BCUT2D eigenvalue weighted by Gasteiger charge is 2.08. The lowest BCUT2D eigenvalue weighted by Crippen LogP contribution is -2.28. The van der Waals surface area contributed by atoms with Gasteiger partial charge in [0.15, 0.2) is 5.75 Å². The van der Waals surface area contributed by atoms with Crippen LogP contribution in [0.4, 0.5) is 0 Å². The molecule has 1 unspecified atom stereocenters. The summed E-state index contributed by atoms with van der Waals surface area (Å²) in [7, 11) is -2.69. The van der Waals surface area contributed by atoms with Gasteiger partial charge in [0.1, 0.15) is 5.52 Å². The van der Waals surface area contributed by atoms with Gasteiger partial charge in [-0.1, -0.05) is 19.4 Å². The van der Waals surface area contributed by atoms with Crippen molar-refractivity contribution in [2.45, 2.75) is 19.8 Å². The molecule has 2 aromatic rings. The number of para-hydroxylation sites is 1. The molecule has 0 aliphatic rings. The molecule has 20 heavy (non-hydrogen) atoms. The molecule has 108 valence electrons. The lowest BCUT2D eigenvalue weighted by molar-refractivity contribution is 0.281. The fourth-order valence-electron chi connectivity index (χ4n) is 1.62. The first-order chi connectivity index (χ1) is 9.61. The van der Waals surface area contributed by atoms with Gasteiger partial charge in [-0.2, -0.15) is 0 Å². The van der Waals surface area contributed by atoms with Crippen molar-refractivity contribution in [2.24, 2.45) is 0 Å². The van der Waals surface area contributed by atoms with Crippen molar-refractivity contribution in [1.29, 1.82) is 0 Å². The molecule has 0 bridgehead atoms. The third-order valence-electron chi connectivity index (χ3n) is 2.63.